The molecule has 0 aliphatic rings. The first-order chi connectivity index (χ1) is 11.8. The number of aryl methyl sites for hydroxylation is 1. The van der Waals surface area contributed by atoms with E-state index in [1.165, 1.54) is 6.07 Å². The van der Waals surface area contributed by atoms with Gasteiger partial charge in [-0.25, -0.2) is 12.8 Å². The van der Waals surface area contributed by atoms with Gasteiger partial charge in [-0.05, 0) is 42.8 Å². The fourth-order valence-corrected chi connectivity index (χ4v) is 4.02. The van der Waals surface area contributed by atoms with Crippen molar-refractivity contribution in [1.29, 1.82) is 0 Å². The average molecular weight is 364 g/mol. The van der Waals surface area contributed by atoms with Gasteiger partial charge in [0.25, 0.3) is 5.91 Å². The van der Waals surface area contributed by atoms with Crippen molar-refractivity contribution in [3.05, 3.63) is 59.4 Å². The Morgan fingerprint density at radius 1 is 1.12 bits per heavy atom. The maximum Gasteiger partial charge on any atom is 0.255 e. The summed E-state index contributed by atoms with van der Waals surface area (Å²) in [5.74, 6) is -1.37. The van der Waals surface area contributed by atoms with Gasteiger partial charge in [0.2, 0.25) is 10.0 Å². The fraction of sp³-hybridized carbons (Fsp3) is 0.278. The summed E-state index contributed by atoms with van der Waals surface area (Å²) in [6.45, 7) is 5.68. The van der Waals surface area contributed by atoms with Crippen LogP contribution < -0.4 is 5.32 Å². The van der Waals surface area contributed by atoms with Gasteiger partial charge in [0, 0.05) is 24.3 Å². The van der Waals surface area contributed by atoms with Crippen molar-refractivity contribution < 1.29 is 17.6 Å². The third kappa shape index (κ3) is 4.24. The molecule has 2 aromatic carbocycles. The maximum absolute atomic E-state index is 14.1. The Morgan fingerprint density at radius 3 is 2.40 bits per heavy atom. The summed E-state index contributed by atoms with van der Waals surface area (Å²) in [5.41, 5.74) is 1.64. The Hall–Kier alpha value is -2.25. The zero-order valence-corrected chi connectivity index (χ0v) is 15.2. The number of carbonyl (C=O) groups is 1. The molecule has 1 N–H and O–H groups in total. The summed E-state index contributed by atoms with van der Waals surface area (Å²) < 4.78 is 40.3. The zero-order valence-electron chi connectivity index (χ0n) is 14.4. The summed E-state index contributed by atoms with van der Waals surface area (Å²) >= 11 is 0. The molecule has 0 spiro atoms. The van der Waals surface area contributed by atoms with Gasteiger partial charge in [0.05, 0.1) is 0 Å². The van der Waals surface area contributed by atoms with E-state index in [2.05, 4.69) is 5.32 Å². The number of anilines is 1. The topological polar surface area (TPSA) is 66.5 Å². The molecule has 0 saturated heterocycles. The van der Waals surface area contributed by atoms with Crippen LogP contribution in [0.4, 0.5) is 10.1 Å². The minimum Gasteiger partial charge on any atom is -0.322 e. The second kappa shape index (κ2) is 7.76. The number of carbonyl (C=O) groups excluding carboxylic acids is 1. The minimum atomic E-state index is -3.99. The number of hydrogen-bond acceptors (Lipinski definition) is 3. The van der Waals surface area contributed by atoms with Crippen LogP contribution in [-0.4, -0.2) is 31.7 Å². The van der Waals surface area contributed by atoms with E-state index >= 15 is 0 Å². The standard InChI is InChI=1S/C18H21FN2O3S/c1-4-21(5-2)25(23,24)17-12-14(9-10-16(17)19)18(22)20-15-8-6-7-13(3)11-15/h6-12H,4-5H2,1-3H3,(H,20,22). The molecule has 134 valence electrons. The fourth-order valence-electron chi connectivity index (χ4n) is 2.47. The second-order valence-corrected chi connectivity index (χ2v) is 7.46. The molecule has 1 amide bonds. The first-order valence-electron chi connectivity index (χ1n) is 7.97. The van der Waals surface area contributed by atoms with Crippen molar-refractivity contribution in [2.45, 2.75) is 25.7 Å². The van der Waals surface area contributed by atoms with Gasteiger partial charge < -0.3 is 5.32 Å². The molecular formula is C18H21FN2O3S. The number of amides is 1. The molecule has 0 atom stereocenters. The van der Waals surface area contributed by atoms with E-state index in [1.807, 2.05) is 13.0 Å². The molecular weight excluding hydrogens is 343 g/mol. The number of benzene rings is 2. The first-order valence-corrected chi connectivity index (χ1v) is 9.41. The third-order valence-electron chi connectivity index (χ3n) is 3.79. The molecule has 25 heavy (non-hydrogen) atoms. The van der Waals surface area contributed by atoms with Crippen molar-refractivity contribution in [1.82, 2.24) is 4.31 Å². The first kappa shape index (κ1) is 19.1. The third-order valence-corrected chi connectivity index (χ3v) is 5.86. The van der Waals surface area contributed by atoms with Crippen molar-refractivity contribution >= 4 is 21.6 Å². The van der Waals surface area contributed by atoms with E-state index in [0.29, 0.717) is 5.69 Å². The van der Waals surface area contributed by atoms with E-state index in [0.717, 1.165) is 22.0 Å². The predicted molar refractivity (Wildman–Crippen MR) is 95.6 cm³/mol. The SMILES string of the molecule is CCN(CC)S(=O)(=O)c1cc(C(=O)Nc2cccc(C)c2)ccc1F. The molecule has 2 rings (SSSR count). The molecule has 0 aliphatic carbocycles. The molecule has 2 aromatic rings. The summed E-state index contributed by atoms with van der Waals surface area (Å²) in [6.07, 6.45) is 0. The Balaban J connectivity index is 2.37. The number of rotatable bonds is 6. The highest BCUT2D eigenvalue weighted by atomic mass is 32.2. The van der Waals surface area contributed by atoms with Crippen LogP contribution in [0, 0.1) is 12.7 Å². The lowest BCUT2D eigenvalue weighted by Gasteiger charge is -2.19. The maximum atomic E-state index is 14.1. The summed E-state index contributed by atoms with van der Waals surface area (Å²) in [5, 5.41) is 2.68. The molecule has 0 aromatic heterocycles. The van der Waals surface area contributed by atoms with Gasteiger partial charge in [0.1, 0.15) is 10.7 Å². The average Bonchev–Trinajstić information content (AvgIpc) is 2.55. The lowest BCUT2D eigenvalue weighted by Crippen LogP contribution is -2.31. The smallest absolute Gasteiger partial charge is 0.255 e. The van der Waals surface area contributed by atoms with Crippen LogP contribution in [-0.2, 0) is 10.0 Å². The van der Waals surface area contributed by atoms with Gasteiger partial charge in [-0.3, -0.25) is 4.79 Å². The van der Waals surface area contributed by atoms with Gasteiger partial charge in [-0.2, -0.15) is 4.31 Å². The van der Waals surface area contributed by atoms with E-state index in [9.17, 15) is 17.6 Å². The number of nitrogens with one attached hydrogen (secondary N) is 1. The van der Waals surface area contributed by atoms with E-state index < -0.39 is 26.6 Å². The van der Waals surface area contributed by atoms with E-state index in [1.54, 1.807) is 32.0 Å². The summed E-state index contributed by atoms with van der Waals surface area (Å²) in [4.78, 5) is 11.9. The Morgan fingerprint density at radius 2 is 1.80 bits per heavy atom. The van der Waals surface area contributed by atoms with E-state index in [4.69, 9.17) is 0 Å². The Bertz CT molecular complexity index is 878. The van der Waals surface area contributed by atoms with Crippen LogP contribution in [0.3, 0.4) is 0 Å². The molecule has 7 heteroatoms. The number of nitrogens with zero attached hydrogens (tertiary/aromatic N) is 1. The lowest BCUT2D eigenvalue weighted by atomic mass is 10.2. The molecule has 0 heterocycles. The van der Waals surface area contributed by atoms with Gasteiger partial charge in [0.15, 0.2) is 0 Å². The molecule has 0 aliphatic heterocycles. The molecule has 0 unspecified atom stereocenters. The van der Waals surface area contributed by atoms with Crippen LogP contribution >= 0.6 is 0 Å². The Labute approximate surface area is 147 Å². The predicted octanol–water partition coefficient (Wildman–Crippen LogP) is 3.42. The molecule has 0 bridgehead atoms. The van der Waals surface area contributed by atoms with Crippen molar-refractivity contribution in [2.24, 2.45) is 0 Å². The molecule has 5 nitrogen and oxygen atoms in total. The lowest BCUT2D eigenvalue weighted by molar-refractivity contribution is 0.102. The van der Waals surface area contributed by atoms with Crippen LogP contribution in [0.5, 0.6) is 0 Å². The summed E-state index contributed by atoms with van der Waals surface area (Å²) in [6, 6.07) is 10.5. The van der Waals surface area contributed by atoms with Crippen molar-refractivity contribution in [3.63, 3.8) is 0 Å². The number of hydrogen-bond donors (Lipinski definition) is 1. The molecule has 0 radical (unpaired) electrons. The normalized spacial score (nSPS) is 11.6. The second-order valence-electron chi connectivity index (χ2n) is 5.56. The van der Waals surface area contributed by atoms with Crippen molar-refractivity contribution in [2.75, 3.05) is 18.4 Å². The minimum absolute atomic E-state index is 0.0774. The molecule has 0 fully saturated rings. The van der Waals surface area contributed by atoms with Gasteiger partial charge >= 0.3 is 0 Å². The Kier molecular flexibility index (Phi) is 5.92. The zero-order chi connectivity index (χ0) is 18.6. The number of halogens is 1. The highest BCUT2D eigenvalue weighted by Crippen LogP contribution is 2.21. The van der Waals surface area contributed by atoms with Gasteiger partial charge in [-0.1, -0.05) is 26.0 Å². The van der Waals surface area contributed by atoms with Crippen LogP contribution in [0.15, 0.2) is 47.4 Å². The van der Waals surface area contributed by atoms with Crippen LogP contribution in [0.2, 0.25) is 0 Å². The monoisotopic (exact) mass is 364 g/mol. The largest absolute Gasteiger partial charge is 0.322 e. The van der Waals surface area contributed by atoms with Crippen molar-refractivity contribution in [3.8, 4) is 0 Å². The van der Waals surface area contributed by atoms with Crippen LogP contribution in [0.25, 0.3) is 0 Å². The number of sulfonamides is 1. The summed E-state index contributed by atoms with van der Waals surface area (Å²) in [7, 11) is -3.99. The van der Waals surface area contributed by atoms with E-state index in [-0.39, 0.29) is 18.7 Å². The van der Waals surface area contributed by atoms with Gasteiger partial charge in [-0.15, -0.1) is 0 Å². The molecule has 0 saturated carbocycles. The highest BCUT2D eigenvalue weighted by Gasteiger charge is 2.26. The highest BCUT2D eigenvalue weighted by molar-refractivity contribution is 7.89. The quantitative estimate of drug-likeness (QED) is 0.854. The van der Waals surface area contributed by atoms with Crippen LogP contribution in [0.1, 0.15) is 29.8 Å².